The molecule has 3 aromatic heterocycles. The Morgan fingerprint density at radius 2 is 0.669 bits per heavy atom. The summed E-state index contributed by atoms with van der Waals surface area (Å²) < 4.78 is 168. The molecule has 15 atom stereocenters. The third-order valence-electron chi connectivity index (χ3n) is 21.5. The molecule has 4 amide bonds. The van der Waals surface area contributed by atoms with Gasteiger partial charge in [-0.3, -0.25) is 19.2 Å². The van der Waals surface area contributed by atoms with Crippen molar-refractivity contribution in [2.45, 2.75) is 241 Å². The van der Waals surface area contributed by atoms with Gasteiger partial charge in [-0.1, -0.05) is 22.1 Å². The van der Waals surface area contributed by atoms with Crippen molar-refractivity contribution in [3.05, 3.63) is 35.7 Å². The molecule has 9 aliphatic rings. The Bertz CT molecular complexity index is 3370. The molecule has 45 heteroatoms. The van der Waals surface area contributed by atoms with Crippen molar-refractivity contribution in [1.29, 1.82) is 0 Å². The molecular formula is C79H130N14O31. The molecule has 0 saturated carbocycles. The molecule has 0 aliphatic carbocycles. The number of hydrogen-bond acceptors (Lipinski definition) is 38. The first-order valence-electron chi connectivity index (χ1n) is 43.0. The molecule has 6 bridgehead atoms. The first-order valence-corrected chi connectivity index (χ1v) is 43.0. The first kappa shape index (κ1) is 97.2. The summed E-state index contributed by atoms with van der Waals surface area (Å²) in [6.07, 6.45) is 2.73. The summed E-state index contributed by atoms with van der Waals surface area (Å²) in [4.78, 5) is 49.9. The van der Waals surface area contributed by atoms with Crippen LogP contribution in [0.4, 0.5) is 0 Å². The average molecular weight is 1770 g/mol. The lowest BCUT2D eigenvalue weighted by Gasteiger charge is -2.42. The summed E-state index contributed by atoms with van der Waals surface area (Å²) in [6.45, 7) is 25.4. The predicted molar refractivity (Wildman–Crippen MR) is 422 cm³/mol. The van der Waals surface area contributed by atoms with Crippen LogP contribution in [0.3, 0.4) is 0 Å². The number of ether oxygens (including phenoxy) is 27. The monoisotopic (exact) mass is 1770 g/mol. The molecule has 9 saturated heterocycles. The van der Waals surface area contributed by atoms with Crippen LogP contribution in [0, 0.1) is 0 Å². The second-order valence-electron chi connectivity index (χ2n) is 33.3. The second-order valence-corrected chi connectivity index (χ2v) is 33.3. The summed E-state index contributed by atoms with van der Waals surface area (Å²) in [5.74, 6) is -3.48. The van der Waals surface area contributed by atoms with E-state index in [9.17, 15) is 19.2 Å². The molecule has 0 spiro atoms. The van der Waals surface area contributed by atoms with E-state index >= 15 is 0 Å². The summed E-state index contributed by atoms with van der Waals surface area (Å²) in [5.41, 5.74) is 3.53. The van der Waals surface area contributed by atoms with Gasteiger partial charge in [0, 0.05) is 27.2 Å². The highest BCUT2D eigenvalue weighted by atomic mass is 16.8. The van der Waals surface area contributed by atoms with E-state index in [1.54, 1.807) is 32.6 Å². The fourth-order valence-corrected chi connectivity index (χ4v) is 16.0. The Morgan fingerprint density at radius 3 is 0.952 bits per heavy atom. The van der Waals surface area contributed by atoms with Crippen molar-refractivity contribution in [3.8, 4) is 0 Å². The van der Waals surface area contributed by atoms with Gasteiger partial charge in [0.05, 0.1) is 256 Å². The van der Waals surface area contributed by atoms with Gasteiger partial charge >= 0.3 is 0 Å². The van der Waals surface area contributed by atoms with Gasteiger partial charge in [-0.2, -0.15) is 0 Å². The highest BCUT2D eigenvalue weighted by molar-refractivity contribution is 5.77. The van der Waals surface area contributed by atoms with E-state index in [1.807, 2.05) is 41.5 Å². The van der Waals surface area contributed by atoms with Gasteiger partial charge in [0.2, 0.25) is 23.6 Å². The zero-order valence-corrected chi connectivity index (χ0v) is 72.9. The predicted octanol–water partition coefficient (Wildman–Crippen LogP) is -1.57. The quantitative estimate of drug-likeness (QED) is 0.0399. The van der Waals surface area contributed by atoms with Crippen molar-refractivity contribution in [2.24, 2.45) is 5.73 Å². The molecule has 12 rings (SSSR count). The number of carbonyl (C=O) groups is 4. The second kappa shape index (κ2) is 47.1. The van der Waals surface area contributed by atoms with Crippen LogP contribution in [0.1, 0.15) is 105 Å². The van der Waals surface area contributed by atoms with E-state index in [0.717, 1.165) is 12.8 Å². The summed E-state index contributed by atoms with van der Waals surface area (Å²) >= 11 is 0. The number of unbranched alkanes of at least 4 members (excludes halogenated alkanes) is 2. The summed E-state index contributed by atoms with van der Waals surface area (Å²) in [6, 6.07) is -1.54. The van der Waals surface area contributed by atoms with Gasteiger partial charge in [0.15, 0.2) is 36.2 Å². The van der Waals surface area contributed by atoms with Crippen molar-refractivity contribution in [1.82, 2.24) is 66.2 Å². The third-order valence-corrected chi connectivity index (χ3v) is 21.5. The topological polar surface area (TPSA) is 484 Å². The molecule has 6 unspecified atom stereocenters. The molecule has 12 heterocycles. The van der Waals surface area contributed by atoms with Crippen molar-refractivity contribution >= 4 is 23.6 Å². The zero-order valence-electron chi connectivity index (χ0n) is 72.9. The van der Waals surface area contributed by atoms with Crippen LogP contribution in [-0.2, 0) is 187 Å². The number of aromatic nitrogens is 9. The summed E-state index contributed by atoms with van der Waals surface area (Å²) in [5, 5.41) is 37.8. The minimum Gasteiger partial charge on any atom is -0.377 e. The van der Waals surface area contributed by atoms with E-state index in [1.165, 1.54) is 20.8 Å². The third kappa shape index (κ3) is 28.3. The van der Waals surface area contributed by atoms with Crippen molar-refractivity contribution < 1.29 is 147 Å². The van der Waals surface area contributed by atoms with Crippen LogP contribution in [0.15, 0.2) is 18.6 Å². The SMILES string of the molecule is CC(=O)NC1C2OC[C@](COCCOCCOCCOCCn3cc(COCC(COCc4cn(CCOCCOCCOCCOC[C@@]56CO[C@@H](O5)[C@H](NC(C)=O)C5OC(C)(C)OC56)nn4)(COCc4cn(CCOCCOCCOCCOC[C@@]56COC(O5)C(NC(C)=O)[C@H]5OC(C)(C)O[C@H]56)nn4)NC(=O)CCCCCN)nn3)(O2)[C@@H]2OC(C)(C)O[C@H]12. The van der Waals surface area contributed by atoms with Crippen molar-refractivity contribution in [2.75, 3.05) is 205 Å². The average Bonchev–Trinajstić information content (AvgIpc) is 1.58. The van der Waals surface area contributed by atoms with E-state index < -0.39 is 113 Å². The fourth-order valence-electron chi connectivity index (χ4n) is 16.0. The Labute approximate surface area is 721 Å². The van der Waals surface area contributed by atoms with E-state index in [2.05, 4.69) is 52.2 Å². The van der Waals surface area contributed by atoms with Crippen LogP contribution >= 0.6 is 0 Å². The van der Waals surface area contributed by atoms with Gasteiger partial charge in [-0.25, -0.2) is 14.0 Å². The molecule has 9 aliphatic heterocycles. The Kier molecular flexibility index (Phi) is 37.0. The molecule has 0 aromatic carbocycles. The maximum Gasteiger partial charge on any atom is 0.220 e. The smallest absolute Gasteiger partial charge is 0.220 e. The molecule has 702 valence electrons. The van der Waals surface area contributed by atoms with E-state index in [4.69, 9.17) is 134 Å². The number of carbonyl (C=O) groups excluding carboxylic acids is 4. The molecule has 3 aromatic rings. The lowest BCUT2D eigenvalue weighted by molar-refractivity contribution is -0.214. The highest BCUT2D eigenvalue weighted by Crippen LogP contribution is 2.50. The highest BCUT2D eigenvalue weighted by Gasteiger charge is 2.69. The number of fused-ring (bicyclic) bond motifs is 12. The van der Waals surface area contributed by atoms with Gasteiger partial charge in [0.25, 0.3) is 0 Å². The lowest BCUT2D eigenvalue weighted by atomic mass is 9.88. The van der Waals surface area contributed by atoms with Gasteiger partial charge in [0.1, 0.15) is 94.2 Å². The number of rotatable bonds is 63. The minimum absolute atomic E-state index is 0.0367. The normalized spacial score (nSPS) is 28.8. The number of amides is 4. The van der Waals surface area contributed by atoms with Crippen LogP contribution in [0.5, 0.6) is 0 Å². The van der Waals surface area contributed by atoms with Crippen LogP contribution in [0.25, 0.3) is 0 Å². The Morgan fingerprint density at radius 1 is 0.387 bits per heavy atom. The Hall–Kier alpha value is -5.82. The first-order chi connectivity index (χ1) is 59.8. The van der Waals surface area contributed by atoms with E-state index in [-0.39, 0.29) is 109 Å². The number of nitrogens with zero attached hydrogens (tertiary/aromatic N) is 9. The molecular weight excluding hydrogens is 1640 g/mol. The van der Waals surface area contributed by atoms with Crippen molar-refractivity contribution in [3.63, 3.8) is 0 Å². The van der Waals surface area contributed by atoms with E-state index in [0.29, 0.717) is 188 Å². The zero-order chi connectivity index (χ0) is 87.5. The molecule has 124 heavy (non-hydrogen) atoms. The molecule has 45 nitrogen and oxygen atoms in total. The fraction of sp³-hybridized carbons (Fsp3) is 0.873. The van der Waals surface area contributed by atoms with Crippen LogP contribution < -0.4 is 27.0 Å². The summed E-state index contributed by atoms with van der Waals surface area (Å²) in [7, 11) is 0. The number of nitrogens with two attached hydrogens (primary N) is 1. The van der Waals surface area contributed by atoms with Crippen LogP contribution in [0.2, 0.25) is 0 Å². The molecule has 0 radical (unpaired) electrons. The minimum atomic E-state index is -1.23. The number of nitrogens with one attached hydrogen (secondary N) is 4. The van der Waals surface area contributed by atoms with Gasteiger partial charge < -0.3 is 155 Å². The maximum atomic E-state index is 13.9. The Balaban J connectivity index is 0.540. The lowest BCUT2D eigenvalue weighted by Crippen LogP contribution is -2.65. The largest absolute Gasteiger partial charge is 0.377 e. The van der Waals surface area contributed by atoms with Gasteiger partial charge in [-0.05, 0) is 60.9 Å². The molecule has 6 N–H and O–H groups in total. The van der Waals surface area contributed by atoms with Gasteiger partial charge in [-0.15, -0.1) is 15.3 Å². The molecule has 9 fully saturated rings. The maximum absolute atomic E-state index is 13.9. The van der Waals surface area contributed by atoms with Crippen LogP contribution in [-0.4, -0.2) is 387 Å². The standard InChI is InChI=1S/C79H130N14O31/c1-54(94)81-61-64-67(119-73(4,5)116-64)77(51-113-70(61)122-77)48-107-36-33-104-30-27-101-24-21-98-18-15-91-39-57(85-88-91)42-110-45-76(84-60(97)13-11-10-12-14-80,46-111-43-58-40-92(89-86-58)16-19-99-22-25-102-28-31-105-34-37-108-49-78-52-114-71(123-78)62(82-55(2)95)65-68(78)120-74(6,7)117-65)47-112-44-59-41-93(90-87-59)17-20-100-23-26-103-29-32-106-35-38-109-50-79-53-115-72(124-79)63(83-56(3)96)66-69(79)121-75(8,9)118-66/h39-41,61-72H,10-38,42-53,80H2,1-9H3,(H,81,94)(H,82,95)(H,83,96)(H,84,97)/t61-,62?,63?,64?,65-,66-,67?,68-,69-,70+,71?,72?,76?,77+,78+,79+/m1/s1. The number of hydrogen-bond donors (Lipinski definition) is 5.